The summed E-state index contributed by atoms with van der Waals surface area (Å²) >= 11 is 0. The largest absolute Gasteiger partial charge is 0.339 e. The molecule has 5 heteroatoms. The van der Waals surface area contributed by atoms with Gasteiger partial charge in [0, 0.05) is 29.9 Å². The molecule has 0 atom stereocenters. The fourth-order valence-electron chi connectivity index (χ4n) is 2.29. The van der Waals surface area contributed by atoms with Crippen molar-refractivity contribution in [2.75, 3.05) is 18.4 Å². The average molecular weight is 321 g/mol. The van der Waals surface area contributed by atoms with Crippen LogP contribution in [-0.2, 0) is 0 Å². The maximum atomic E-state index is 12.2. The zero-order valence-corrected chi connectivity index (χ0v) is 13.7. The number of hydrogen-bond acceptors (Lipinski definition) is 3. The van der Waals surface area contributed by atoms with Crippen molar-refractivity contribution >= 4 is 17.5 Å². The van der Waals surface area contributed by atoms with Crippen LogP contribution in [0.15, 0.2) is 48.5 Å². The van der Waals surface area contributed by atoms with Crippen LogP contribution in [0.1, 0.15) is 40.1 Å². The van der Waals surface area contributed by atoms with Crippen LogP contribution in [-0.4, -0.2) is 29.8 Å². The maximum Gasteiger partial charge on any atom is 0.255 e. The van der Waals surface area contributed by atoms with Crippen LogP contribution in [0, 0.1) is 11.3 Å². The van der Waals surface area contributed by atoms with Gasteiger partial charge in [0.1, 0.15) is 0 Å². The lowest BCUT2D eigenvalue weighted by molar-refractivity contribution is 0.0772. The lowest BCUT2D eigenvalue weighted by Gasteiger charge is -2.18. The van der Waals surface area contributed by atoms with E-state index >= 15 is 0 Å². The summed E-state index contributed by atoms with van der Waals surface area (Å²) in [4.78, 5) is 26.2. The summed E-state index contributed by atoms with van der Waals surface area (Å²) in [6.07, 6.45) is 0. The monoisotopic (exact) mass is 321 g/mol. The van der Waals surface area contributed by atoms with E-state index in [-0.39, 0.29) is 11.8 Å². The highest BCUT2D eigenvalue weighted by atomic mass is 16.2. The van der Waals surface area contributed by atoms with Gasteiger partial charge in [-0.2, -0.15) is 5.26 Å². The molecule has 0 saturated heterocycles. The minimum Gasteiger partial charge on any atom is -0.339 e. The highest BCUT2D eigenvalue weighted by Crippen LogP contribution is 2.12. The van der Waals surface area contributed by atoms with Crippen molar-refractivity contribution in [3.05, 3.63) is 65.2 Å². The van der Waals surface area contributed by atoms with E-state index < -0.39 is 0 Å². The summed E-state index contributed by atoms with van der Waals surface area (Å²) in [6, 6.07) is 15.2. The van der Waals surface area contributed by atoms with Crippen molar-refractivity contribution in [1.82, 2.24) is 4.90 Å². The molecule has 1 N–H and O–H groups in total. The third-order valence-electron chi connectivity index (χ3n) is 3.72. The quantitative estimate of drug-likeness (QED) is 0.918. The fraction of sp³-hybridized carbons (Fsp3) is 0.211. The maximum absolute atomic E-state index is 12.2. The molecule has 122 valence electrons. The second kappa shape index (κ2) is 7.93. The van der Waals surface area contributed by atoms with Crippen LogP contribution in [0.2, 0.25) is 0 Å². The van der Waals surface area contributed by atoms with Crippen LogP contribution in [0.25, 0.3) is 0 Å². The number of rotatable bonds is 5. The van der Waals surface area contributed by atoms with Crippen LogP contribution < -0.4 is 5.32 Å². The van der Waals surface area contributed by atoms with E-state index in [0.29, 0.717) is 35.5 Å². The fourth-order valence-corrected chi connectivity index (χ4v) is 2.29. The molecule has 0 spiro atoms. The van der Waals surface area contributed by atoms with Gasteiger partial charge in [0.15, 0.2) is 0 Å². The molecule has 2 rings (SSSR count). The number of nitrogens with zero attached hydrogens (tertiary/aromatic N) is 2. The van der Waals surface area contributed by atoms with Gasteiger partial charge in [0.2, 0.25) is 0 Å². The molecular formula is C19H19N3O2. The molecule has 0 aliphatic carbocycles. The van der Waals surface area contributed by atoms with Crippen LogP contribution >= 0.6 is 0 Å². The molecule has 0 fully saturated rings. The number of carbonyl (C=O) groups excluding carboxylic acids is 2. The number of hydrogen-bond donors (Lipinski definition) is 1. The van der Waals surface area contributed by atoms with Gasteiger partial charge in [0.25, 0.3) is 11.8 Å². The molecule has 0 radical (unpaired) electrons. The number of amides is 2. The van der Waals surface area contributed by atoms with Crippen LogP contribution in [0.5, 0.6) is 0 Å². The molecule has 0 unspecified atom stereocenters. The van der Waals surface area contributed by atoms with Crippen molar-refractivity contribution in [3.8, 4) is 6.07 Å². The molecule has 2 aromatic carbocycles. The van der Waals surface area contributed by atoms with Gasteiger partial charge in [-0.05, 0) is 62.4 Å². The first-order valence-electron chi connectivity index (χ1n) is 7.79. The van der Waals surface area contributed by atoms with E-state index in [4.69, 9.17) is 5.26 Å². The summed E-state index contributed by atoms with van der Waals surface area (Å²) in [5.41, 5.74) is 2.18. The molecule has 0 aliphatic rings. The Morgan fingerprint density at radius 3 is 2.00 bits per heavy atom. The molecule has 0 saturated carbocycles. The Balaban J connectivity index is 2.08. The van der Waals surface area contributed by atoms with Gasteiger partial charge in [-0.25, -0.2) is 0 Å². The molecule has 24 heavy (non-hydrogen) atoms. The summed E-state index contributed by atoms with van der Waals surface area (Å²) in [5.74, 6) is -0.305. The lowest BCUT2D eigenvalue weighted by Crippen LogP contribution is -2.30. The minimum absolute atomic E-state index is 0.0425. The SMILES string of the molecule is CCN(CC)C(=O)c1ccc(C(=O)Nc2ccc(C#N)cc2)cc1. The number of nitriles is 1. The normalized spacial score (nSPS) is 9.88. The first-order valence-corrected chi connectivity index (χ1v) is 7.79. The summed E-state index contributed by atoms with van der Waals surface area (Å²) in [5, 5.41) is 11.5. The first kappa shape index (κ1) is 17.2. The van der Waals surface area contributed by atoms with Gasteiger partial charge in [-0.15, -0.1) is 0 Å². The molecular weight excluding hydrogens is 302 g/mol. The van der Waals surface area contributed by atoms with Gasteiger partial charge < -0.3 is 10.2 Å². The topological polar surface area (TPSA) is 73.2 Å². The van der Waals surface area contributed by atoms with Gasteiger partial charge in [0.05, 0.1) is 11.6 Å². The summed E-state index contributed by atoms with van der Waals surface area (Å²) < 4.78 is 0. The molecule has 0 aliphatic heterocycles. The van der Waals surface area contributed by atoms with Gasteiger partial charge >= 0.3 is 0 Å². The first-order chi connectivity index (χ1) is 11.6. The molecule has 0 heterocycles. The highest BCUT2D eigenvalue weighted by Gasteiger charge is 2.13. The van der Waals surface area contributed by atoms with E-state index in [0.717, 1.165) is 0 Å². The van der Waals surface area contributed by atoms with Gasteiger partial charge in [-0.3, -0.25) is 9.59 Å². The van der Waals surface area contributed by atoms with Crippen molar-refractivity contribution in [2.24, 2.45) is 0 Å². The molecule has 2 amide bonds. The standard InChI is InChI=1S/C19H19N3O2/c1-3-22(4-2)19(24)16-9-7-15(8-10-16)18(23)21-17-11-5-14(13-20)6-12-17/h5-12H,3-4H2,1-2H3,(H,21,23). The smallest absolute Gasteiger partial charge is 0.255 e. The van der Waals surface area contributed by atoms with E-state index in [1.807, 2.05) is 19.9 Å². The number of anilines is 1. The zero-order valence-electron chi connectivity index (χ0n) is 13.7. The molecule has 0 bridgehead atoms. The average Bonchev–Trinajstić information content (AvgIpc) is 2.63. The predicted molar refractivity (Wildman–Crippen MR) is 92.8 cm³/mol. The number of nitrogens with one attached hydrogen (secondary N) is 1. The highest BCUT2D eigenvalue weighted by molar-refractivity contribution is 6.05. The summed E-state index contributed by atoms with van der Waals surface area (Å²) in [7, 11) is 0. The Bertz CT molecular complexity index is 755. The van der Waals surface area contributed by atoms with Crippen molar-refractivity contribution in [3.63, 3.8) is 0 Å². The van der Waals surface area contributed by atoms with E-state index in [9.17, 15) is 9.59 Å². The molecule has 5 nitrogen and oxygen atoms in total. The third-order valence-corrected chi connectivity index (χ3v) is 3.72. The minimum atomic E-state index is -0.262. The Kier molecular flexibility index (Phi) is 5.69. The zero-order chi connectivity index (χ0) is 17.5. The van der Waals surface area contributed by atoms with Gasteiger partial charge in [-0.1, -0.05) is 0 Å². The molecule has 2 aromatic rings. The Hall–Kier alpha value is -3.13. The third kappa shape index (κ3) is 3.99. The number of carbonyl (C=O) groups is 2. The van der Waals surface area contributed by atoms with E-state index in [2.05, 4.69) is 5.32 Å². The van der Waals surface area contributed by atoms with Crippen molar-refractivity contribution in [1.29, 1.82) is 5.26 Å². The van der Waals surface area contributed by atoms with Crippen molar-refractivity contribution < 1.29 is 9.59 Å². The van der Waals surface area contributed by atoms with Crippen LogP contribution in [0.3, 0.4) is 0 Å². The van der Waals surface area contributed by atoms with E-state index in [1.165, 1.54) is 0 Å². The Labute approximate surface area is 141 Å². The predicted octanol–water partition coefficient (Wildman–Crippen LogP) is 3.29. The van der Waals surface area contributed by atoms with E-state index in [1.54, 1.807) is 53.4 Å². The molecule has 0 aromatic heterocycles. The van der Waals surface area contributed by atoms with Crippen molar-refractivity contribution in [2.45, 2.75) is 13.8 Å². The summed E-state index contributed by atoms with van der Waals surface area (Å²) in [6.45, 7) is 5.16. The lowest BCUT2D eigenvalue weighted by atomic mass is 10.1. The Morgan fingerprint density at radius 1 is 0.958 bits per heavy atom. The number of benzene rings is 2. The Morgan fingerprint density at radius 2 is 1.50 bits per heavy atom. The second-order valence-electron chi connectivity index (χ2n) is 5.20. The second-order valence-corrected chi connectivity index (χ2v) is 5.20. The van der Waals surface area contributed by atoms with Crippen LogP contribution in [0.4, 0.5) is 5.69 Å².